The second kappa shape index (κ2) is 8.48. The van der Waals surface area contributed by atoms with Crippen molar-refractivity contribution >= 4 is 27.3 Å². The molecule has 0 unspecified atom stereocenters. The number of hydrogen-bond acceptors (Lipinski definition) is 5. The molecule has 1 N–H and O–H groups in total. The third kappa shape index (κ3) is 5.46. The first-order chi connectivity index (χ1) is 11.9. The summed E-state index contributed by atoms with van der Waals surface area (Å²) in [6, 6.07) is 10.3. The van der Waals surface area contributed by atoms with Gasteiger partial charge in [0.1, 0.15) is 5.75 Å². The van der Waals surface area contributed by atoms with Gasteiger partial charge in [0, 0.05) is 19.2 Å². The lowest BCUT2D eigenvalue weighted by molar-refractivity contribution is -0.116. The first-order valence-electron chi connectivity index (χ1n) is 7.72. The number of hydrogen-bond donors (Lipinski definition) is 1. The summed E-state index contributed by atoms with van der Waals surface area (Å²) in [7, 11) is -2.01. The van der Waals surface area contributed by atoms with Crippen molar-refractivity contribution in [2.75, 3.05) is 29.5 Å². The molecule has 0 atom stereocenters. The fourth-order valence-electron chi connectivity index (χ4n) is 2.34. The molecule has 0 aliphatic carbocycles. The number of nitrogens with one attached hydrogen (secondary N) is 1. The lowest BCUT2D eigenvalue weighted by Gasteiger charge is -2.24. The number of rotatable bonds is 8. The number of benzene rings is 1. The molecule has 0 aliphatic rings. The van der Waals surface area contributed by atoms with E-state index < -0.39 is 10.0 Å². The Kier molecular flexibility index (Phi) is 6.35. The van der Waals surface area contributed by atoms with Crippen molar-refractivity contribution in [1.82, 2.24) is 4.98 Å². The van der Waals surface area contributed by atoms with Gasteiger partial charge in [-0.2, -0.15) is 0 Å². The van der Waals surface area contributed by atoms with Crippen molar-refractivity contribution < 1.29 is 17.9 Å². The number of aromatic nitrogens is 1. The number of anilines is 2. The summed E-state index contributed by atoms with van der Waals surface area (Å²) in [4.78, 5) is 15.9. The predicted molar refractivity (Wildman–Crippen MR) is 97.3 cm³/mol. The molecule has 0 bridgehead atoms. The molecule has 1 heterocycles. The molecule has 1 aromatic carbocycles. The molecule has 1 amide bonds. The van der Waals surface area contributed by atoms with Gasteiger partial charge >= 0.3 is 0 Å². The van der Waals surface area contributed by atoms with Gasteiger partial charge in [0.05, 0.1) is 30.9 Å². The highest BCUT2D eigenvalue weighted by Crippen LogP contribution is 2.29. The van der Waals surface area contributed by atoms with Crippen molar-refractivity contribution in [2.24, 2.45) is 0 Å². The van der Waals surface area contributed by atoms with Crippen LogP contribution in [0.5, 0.6) is 5.75 Å². The fourth-order valence-corrected chi connectivity index (χ4v) is 3.31. The third-order valence-corrected chi connectivity index (χ3v) is 4.64. The summed E-state index contributed by atoms with van der Waals surface area (Å²) in [6.07, 6.45) is 4.87. The van der Waals surface area contributed by atoms with Crippen molar-refractivity contribution in [3.05, 3.63) is 48.8 Å². The van der Waals surface area contributed by atoms with Gasteiger partial charge in [0.25, 0.3) is 0 Å². The lowest BCUT2D eigenvalue weighted by atomic mass is 10.2. The van der Waals surface area contributed by atoms with E-state index in [-0.39, 0.29) is 18.9 Å². The second-order valence-corrected chi connectivity index (χ2v) is 7.31. The number of carbonyl (C=O) groups is 1. The molecular formula is C17H21N3O4S. The first-order valence-corrected chi connectivity index (χ1v) is 9.57. The molecule has 0 saturated carbocycles. The summed E-state index contributed by atoms with van der Waals surface area (Å²) in [6.45, 7) is 0.180. The van der Waals surface area contributed by atoms with E-state index in [0.29, 0.717) is 23.5 Å². The number of sulfonamides is 1. The molecule has 0 radical (unpaired) electrons. The van der Waals surface area contributed by atoms with Crippen LogP contribution in [0.25, 0.3) is 0 Å². The summed E-state index contributed by atoms with van der Waals surface area (Å²) in [5.41, 5.74) is 1.07. The van der Waals surface area contributed by atoms with E-state index in [0.717, 1.165) is 6.26 Å². The molecule has 0 aliphatic heterocycles. The number of methoxy groups -OCH3 is 1. The van der Waals surface area contributed by atoms with Crippen molar-refractivity contribution in [3.63, 3.8) is 0 Å². The van der Waals surface area contributed by atoms with Crippen LogP contribution in [-0.4, -0.2) is 39.2 Å². The van der Waals surface area contributed by atoms with E-state index >= 15 is 0 Å². The van der Waals surface area contributed by atoms with E-state index in [1.165, 1.54) is 11.4 Å². The summed E-state index contributed by atoms with van der Waals surface area (Å²) in [5, 5.41) is 2.72. The summed E-state index contributed by atoms with van der Waals surface area (Å²) < 4.78 is 30.7. The molecule has 0 saturated heterocycles. The Morgan fingerprint density at radius 2 is 2.00 bits per heavy atom. The Morgan fingerprint density at radius 1 is 1.24 bits per heavy atom. The standard InChI is InChI=1S/C17H21N3O4S/c1-24-16-9-4-3-8-15(16)20(25(2,22)23)12-6-10-17(21)19-14-7-5-11-18-13-14/h3-5,7-9,11,13H,6,10,12H2,1-2H3,(H,19,21). The average molecular weight is 363 g/mol. The minimum absolute atomic E-state index is 0.180. The van der Waals surface area contributed by atoms with Crippen molar-refractivity contribution in [3.8, 4) is 5.75 Å². The zero-order valence-electron chi connectivity index (χ0n) is 14.2. The highest BCUT2D eigenvalue weighted by molar-refractivity contribution is 7.92. The van der Waals surface area contributed by atoms with Crippen molar-refractivity contribution in [1.29, 1.82) is 0 Å². The normalized spacial score (nSPS) is 11.0. The summed E-state index contributed by atoms with van der Waals surface area (Å²) in [5.74, 6) is 0.272. The Labute approximate surface area is 147 Å². The number of nitrogens with zero attached hydrogens (tertiary/aromatic N) is 2. The van der Waals surface area contributed by atoms with Crippen LogP contribution in [0.4, 0.5) is 11.4 Å². The number of ether oxygens (including phenoxy) is 1. The number of carbonyl (C=O) groups excluding carboxylic acids is 1. The maximum absolute atomic E-state index is 12.1. The number of pyridine rings is 1. The van der Waals surface area contributed by atoms with Gasteiger partial charge in [-0.15, -0.1) is 0 Å². The minimum atomic E-state index is -3.50. The Balaban J connectivity index is 2.01. The van der Waals surface area contributed by atoms with Crippen LogP contribution in [-0.2, 0) is 14.8 Å². The van der Waals surface area contributed by atoms with Crippen LogP contribution in [0.2, 0.25) is 0 Å². The van der Waals surface area contributed by atoms with Gasteiger partial charge in [-0.3, -0.25) is 14.1 Å². The van der Waals surface area contributed by atoms with Gasteiger partial charge in [0.2, 0.25) is 15.9 Å². The van der Waals surface area contributed by atoms with Crippen LogP contribution in [0, 0.1) is 0 Å². The molecule has 0 spiro atoms. The largest absolute Gasteiger partial charge is 0.495 e. The molecule has 2 rings (SSSR count). The lowest BCUT2D eigenvalue weighted by Crippen LogP contribution is -2.31. The van der Waals surface area contributed by atoms with E-state index in [1.807, 2.05) is 0 Å². The Hall–Kier alpha value is -2.61. The Bertz CT molecular complexity index is 810. The third-order valence-electron chi connectivity index (χ3n) is 3.46. The van der Waals surface area contributed by atoms with Crippen LogP contribution < -0.4 is 14.4 Å². The monoisotopic (exact) mass is 363 g/mol. The molecule has 8 heteroatoms. The molecule has 1 aromatic heterocycles. The maximum atomic E-state index is 12.1. The average Bonchev–Trinajstić information content (AvgIpc) is 2.58. The minimum Gasteiger partial charge on any atom is -0.495 e. The molecule has 7 nitrogen and oxygen atoms in total. The van der Waals surface area contributed by atoms with E-state index in [4.69, 9.17) is 4.74 Å². The van der Waals surface area contributed by atoms with E-state index in [1.54, 1.807) is 48.8 Å². The van der Waals surface area contributed by atoms with E-state index in [9.17, 15) is 13.2 Å². The first kappa shape index (κ1) is 18.7. The van der Waals surface area contributed by atoms with E-state index in [2.05, 4.69) is 10.3 Å². The van der Waals surface area contributed by atoms with Crippen LogP contribution in [0.3, 0.4) is 0 Å². The molecular weight excluding hydrogens is 342 g/mol. The molecule has 25 heavy (non-hydrogen) atoms. The highest BCUT2D eigenvalue weighted by Gasteiger charge is 2.20. The van der Waals surface area contributed by atoms with Crippen LogP contribution >= 0.6 is 0 Å². The van der Waals surface area contributed by atoms with Gasteiger partial charge in [-0.25, -0.2) is 8.42 Å². The number of amides is 1. The van der Waals surface area contributed by atoms with Crippen molar-refractivity contribution in [2.45, 2.75) is 12.8 Å². The molecule has 134 valence electrons. The van der Waals surface area contributed by atoms with Gasteiger partial charge < -0.3 is 10.1 Å². The highest BCUT2D eigenvalue weighted by atomic mass is 32.2. The molecule has 0 fully saturated rings. The zero-order valence-corrected chi connectivity index (χ0v) is 15.0. The zero-order chi connectivity index (χ0) is 18.3. The maximum Gasteiger partial charge on any atom is 0.232 e. The smallest absolute Gasteiger partial charge is 0.232 e. The quantitative estimate of drug-likeness (QED) is 0.777. The topological polar surface area (TPSA) is 88.6 Å². The Morgan fingerprint density at radius 3 is 2.64 bits per heavy atom. The van der Waals surface area contributed by atoms with Gasteiger partial charge in [0.15, 0.2) is 0 Å². The number of para-hydroxylation sites is 2. The van der Waals surface area contributed by atoms with Gasteiger partial charge in [-0.05, 0) is 30.7 Å². The van der Waals surface area contributed by atoms with Crippen LogP contribution in [0.1, 0.15) is 12.8 Å². The van der Waals surface area contributed by atoms with Crippen LogP contribution in [0.15, 0.2) is 48.8 Å². The fraction of sp³-hybridized carbons (Fsp3) is 0.294. The van der Waals surface area contributed by atoms with Gasteiger partial charge in [-0.1, -0.05) is 12.1 Å². The summed E-state index contributed by atoms with van der Waals surface area (Å²) >= 11 is 0. The SMILES string of the molecule is COc1ccccc1N(CCCC(=O)Nc1cccnc1)S(C)(=O)=O. The molecule has 2 aromatic rings. The second-order valence-electron chi connectivity index (χ2n) is 5.40. The predicted octanol–water partition coefficient (Wildman–Crippen LogP) is 2.28.